The van der Waals surface area contributed by atoms with Crippen molar-refractivity contribution in [3.05, 3.63) is 60.8 Å². The van der Waals surface area contributed by atoms with Crippen LogP contribution in [0.5, 0.6) is 5.75 Å². The molecule has 26 heavy (non-hydrogen) atoms. The van der Waals surface area contributed by atoms with Gasteiger partial charge in [0.15, 0.2) is 5.16 Å². The van der Waals surface area contributed by atoms with E-state index < -0.39 is 10.0 Å². The zero-order valence-corrected chi connectivity index (χ0v) is 15.8. The molecular formula is C18H19N3O3S2. The fourth-order valence-electron chi connectivity index (χ4n) is 2.42. The Labute approximate surface area is 157 Å². The highest BCUT2D eigenvalue weighted by Gasteiger charge is 2.09. The minimum atomic E-state index is -3.68. The summed E-state index contributed by atoms with van der Waals surface area (Å²) in [5.74, 6) is 1.32. The first-order chi connectivity index (χ1) is 12.4. The zero-order valence-electron chi connectivity index (χ0n) is 14.2. The molecule has 0 spiro atoms. The van der Waals surface area contributed by atoms with Crippen LogP contribution in [0.4, 0.5) is 0 Å². The number of rotatable bonds is 7. The van der Waals surface area contributed by atoms with E-state index in [2.05, 4.69) is 21.7 Å². The molecule has 0 saturated carbocycles. The van der Waals surface area contributed by atoms with Crippen LogP contribution in [0.25, 0.3) is 11.3 Å². The summed E-state index contributed by atoms with van der Waals surface area (Å²) in [5, 5.41) is 5.98. The summed E-state index contributed by atoms with van der Waals surface area (Å²) in [4.78, 5) is 4.54. The predicted molar refractivity (Wildman–Crippen MR) is 103 cm³/mol. The third-order valence-corrected chi connectivity index (χ3v) is 5.69. The monoisotopic (exact) mass is 389 g/mol. The number of imidazole rings is 1. The van der Waals surface area contributed by atoms with Gasteiger partial charge in [0.1, 0.15) is 5.75 Å². The normalized spacial score (nSPS) is 11.5. The maximum atomic E-state index is 11.2. The van der Waals surface area contributed by atoms with Gasteiger partial charge in [-0.3, -0.25) is 0 Å². The lowest BCUT2D eigenvalue weighted by Gasteiger charge is -2.08. The molecule has 6 nitrogen and oxygen atoms in total. The van der Waals surface area contributed by atoms with Gasteiger partial charge in [0.25, 0.3) is 0 Å². The van der Waals surface area contributed by atoms with E-state index in [9.17, 15) is 8.42 Å². The van der Waals surface area contributed by atoms with Crippen LogP contribution < -0.4 is 9.88 Å². The molecule has 3 aromatic rings. The number of hydrogen-bond donors (Lipinski definition) is 1. The van der Waals surface area contributed by atoms with E-state index in [-0.39, 0.29) is 4.90 Å². The number of ether oxygens (including phenoxy) is 1. The highest BCUT2D eigenvalue weighted by atomic mass is 32.2. The molecule has 2 N–H and O–H groups in total. The van der Waals surface area contributed by atoms with Crippen LogP contribution in [0.15, 0.2) is 70.8 Å². The Kier molecular flexibility index (Phi) is 5.65. The van der Waals surface area contributed by atoms with Crippen LogP contribution in [0.2, 0.25) is 0 Å². The number of benzene rings is 2. The van der Waals surface area contributed by atoms with Gasteiger partial charge >= 0.3 is 0 Å². The molecule has 0 aliphatic heterocycles. The number of nitrogens with two attached hydrogens (primary N) is 1. The molecule has 1 aromatic heterocycles. The van der Waals surface area contributed by atoms with Crippen LogP contribution in [0.3, 0.4) is 0 Å². The average Bonchev–Trinajstić information content (AvgIpc) is 3.00. The van der Waals surface area contributed by atoms with Gasteiger partial charge in [-0.25, -0.2) is 18.5 Å². The van der Waals surface area contributed by atoms with E-state index in [1.54, 1.807) is 23.9 Å². The van der Waals surface area contributed by atoms with Crippen LogP contribution in [0.1, 0.15) is 0 Å². The van der Waals surface area contributed by atoms with E-state index in [0.717, 1.165) is 22.2 Å². The lowest BCUT2D eigenvalue weighted by Crippen LogP contribution is -2.11. The van der Waals surface area contributed by atoms with Crippen molar-refractivity contribution in [3.63, 3.8) is 0 Å². The second kappa shape index (κ2) is 7.94. The molecule has 0 radical (unpaired) electrons. The molecule has 2 aromatic carbocycles. The van der Waals surface area contributed by atoms with Crippen LogP contribution in [-0.2, 0) is 17.1 Å². The fraction of sp³-hybridized carbons (Fsp3) is 0.167. The molecule has 0 atom stereocenters. The summed E-state index contributed by atoms with van der Waals surface area (Å²) in [6.07, 6.45) is 1.87. The first kappa shape index (κ1) is 18.5. The van der Waals surface area contributed by atoms with Crippen LogP contribution in [0, 0.1) is 0 Å². The van der Waals surface area contributed by atoms with Crippen LogP contribution >= 0.6 is 11.8 Å². The van der Waals surface area contributed by atoms with Gasteiger partial charge in [-0.1, -0.05) is 42.1 Å². The topological polar surface area (TPSA) is 87.2 Å². The number of sulfonamides is 1. The summed E-state index contributed by atoms with van der Waals surface area (Å²) in [7, 11) is -1.69. The molecule has 8 heteroatoms. The van der Waals surface area contributed by atoms with Gasteiger partial charge in [0, 0.05) is 12.8 Å². The zero-order chi connectivity index (χ0) is 18.6. The van der Waals surface area contributed by atoms with Crippen molar-refractivity contribution in [1.82, 2.24) is 9.55 Å². The van der Waals surface area contributed by atoms with Gasteiger partial charge < -0.3 is 9.30 Å². The summed E-state index contributed by atoms with van der Waals surface area (Å²) >= 11 is 1.60. The summed E-state index contributed by atoms with van der Waals surface area (Å²) in [6.45, 7) is 0.479. The Balaban J connectivity index is 1.54. The quantitative estimate of drug-likeness (QED) is 0.496. The molecule has 0 bridgehead atoms. The van der Waals surface area contributed by atoms with Crippen molar-refractivity contribution in [2.75, 3.05) is 12.4 Å². The molecular weight excluding hydrogens is 370 g/mol. The van der Waals surface area contributed by atoms with Gasteiger partial charge in [-0.15, -0.1) is 0 Å². The second-order valence-electron chi connectivity index (χ2n) is 5.56. The number of hydrogen-bond acceptors (Lipinski definition) is 5. The van der Waals surface area contributed by atoms with Gasteiger partial charge in [0.05, 0.1) is 23.4 Å². The highest BCUT2D eigenvalue weighted by Crippen LogP contribution is 2.24. The minimum absolute atomic E-state index is 0.0701. The SMILES string of the molecule is Cn1c(-c2ccccc2)cnc1SCCOc1ccc(S(N)(=O)=O)cc1. The predicted octanol–water partition coefficient (Wildman–Crippen LogP) is 2.91. The molecule has 0 aliphatic rings. The van der Waals surface area contributed by atoms with E-state index in [4.69, 9.17) is 9.88 Å². The first-order valence-corrected chi connectivity index (χ1v) is 10.4. The van der Waals surface area contributed by atoms with Crippen molar-refractivity contribution in [1.29, 1.82) is 0 Å². The Bertz CT molecular complexity index is 969. The van der Waals surface area contributed by atoms with E-state index >= 15 is 0 Å². The molecule has 1 heterocycles. The highest BCUT2D eigenvalue weighted by molar-refractivity contribution is 7.99. The number of aromatic nitrogens is 2. The van der Waals surface area contributed by atoms with Crippen molar-refractivity contribution >= 4 is 21.8 Å². The summed E-state index contributed by atoms with van der Waals surface area (Å²) in [5.41, 5.74) is 2.19. The number of nitrogens with zero attached hydrogens (tertiary/aromatic N) is 2. The molecule has 0 saturated heterocycles. The number of primary sulfonamides is 1. The Morgan fingerprint density at radius 1 is 1.12 bits per heavy atom. The third-order valence-electron chi connectivity index (χ3n) is 3.75. The van der Waals surface area contributed by atoms with Crippen LogP contribution in [-0.4, -0.2) is 30.3 Å². The van der Waals surface area contributed by atoms with Crippen molar-refractivity contribution in [2.45, 2.75) is 10.1 Å². The first-order valence-electron chi connectivity index (χ1n) is 7.91. The molecule has 0 fully saturated rings. The van der Waals surface area contributed by atoms with Crippen molar-refractivity contribution in [2.24, 2.45) is 12.2 Å². The lowest BCUT2D eigenvalue weighted by atomic mass is 10.2. The molecule has 0 unspecified atom stereocenters. The van der Waals surface area contributed by atoms with E-state index in [0.29, 0.717) is 12.4 Å². The molecule has 0 amide bonds. The molecule has 3 rings (SSSR count). The fourth-order valence-corrected chi connectivity index (χ4v) is 3.71. The molecule has 0 aliphatic carbocycles. The maximum Gasteiger partial charge on any atom is 0.238 e. The van der Waals surface area contributed by atoms with Crippen molar-refractivity contribution in [3.8, 4) is 17.0 Å². The number of thioether (sulfide) groups is 1. The Morgan fingerprint density at radius 3 is 2.46 bits per heavy atom. The third kappa shape index (κ3) is 4.46. The Morgan fingerprint density at radius 2 is 1.81 bits per heavy atom. The van der Waals surface area contributed by atoms with Gasteiger partial charge in [-0.2, -0.15) is 0 Å². The van der Waals surface area contributed by atoms with E-state index in [1.165, 1.54) is 12.1 Å². The Hall–Kier alpha value is -2.29. The van der Waals surface area contributed by atoms with Gasteiger partial charge in [-0.05, 0) is 29.8 Å². The molecule has 136 valence electrons. The van der Waals surface area contributed by atoms with Gasteiger partial charge in [0.2, 0.25) is 10.0 Å². The summed E-state index contributed by atoms with van der Waals surface area (Å²) < 4.78 is 30.1. The smallest absolute Gasteiger partial charge is 0.238 e. The largest absolute Gasteiger partial charge is 0.493 e. The summed E-state index contributed by atoms with van der Waals surface area (Å²) in [6, 6.07) is 16.2. The standard InChI is InChI=1S/C18H19N3O3S2/c1-21-17(14-5-3-2-4-6-14)13-20-18(21)25-12-11-24-15-7-9-16(10-8-15)26(19,22)23/h2-10,13H,11-12H2,1H3,(H2,19,22,23). The van der Waals surface area contributed by atoms with E-state index in [1.807, 2.05) is 31.4 Å². The second-order valence-corrected chi connectivity index (χ2v) is 8.19. The lowest BCUT2D eigenvalue weighted by molar-refractivity contribution is 0.343. The minimum Gasteiger partial charge on any atom is -0.493 e. The average molecular weight is 390 g/mol. The van der Waals surface area contributed by atoms with Crippen molar-refractivity contribution < 1.29 is 13.2 Å². The maximum absolute atomic E-state index is 11.2.